The van der Waals surface area contributed by atoms with Crippen LogP contribution in [-0.4, -0.2) is 37.9 Å². The molecule has 1 aromatic carbocycles. The smallest absolute Gasteiger partial charge is 0.247 e. The van der Waals surface area contributed by atoms with E-state index in [4.69, 9.17) is 5.73 Å². The van der Waals surface area contributed by atoms with E-state index in [0.717, 1.165) is 0 Å². The van der Waals surface area contributed by atoms with E-state index >= 15 is 0 Å². The summed E-state index contributed by atoms with van der Waals surface area (Å²) in [6.07, 6.45) is 8.57. The summed E-state index contributed by atoms with van der Waals surface area (Å²) < 4.78 is 14.9. The van der Waals surface area contributed by atoms with Gasteiger partial charge in [-0.05, 0) is 30.7 Å². The van der Waals surface area contributed by atoms with Crippen LogP contribution in [0.25, 0.3) is 17.2 Å². The van der Waals surface area contributed by atoms with Crippen LogP contribution in [0.2, 0.25) is 0 Å². The summed E-state index contributed by atoms with van der Waals surface area (Å²) in [7, 11) is 0. The van der Waals surface area contributed by atoms with E-state index in [9.17, 15) is 9.18 Å². The lowest BCUT2D eigenvalue weighted by molar-refractivity contribution is -0.122. The average molecular weight is 420 g/mol. The third-order valence-electron chi connectivity index (χ3n) is 4.92. The average Bonchev–Trinajstić information content (AvgIpc) is 3.46. The Morgan fingerprint density at radius 3 is 2.84 bits per heavy atom. The molecule has 0 bridgehead atoms. The summed E-state index contributed by atoms with van der Waals surface area (Å²) in [6.45, 7) is 5.88. The summed E-state index contributed by atoms with van der Waals surface area (Å²) in [6, 6.07) is 5.51. The van der Waals surface area contributed by atoms with Gasteiger partial charge in [0.1, 0.15) is 35.0 Å². The first kappa shape index (κ1) is 20.1. The number of halogens is 1. The number of hydrogen-bond donors (Lipinski definition) is 3. The number of allylic oxidation sites excluding steroid dienone is 1. The molecule has 0 aliphatic carbocycles. The number of aliphatic imine (C=N–C) groups is 1. The Balaban J connectivity index is 1.63. The van der Waals surface area contributed by atoms with Crippen molar-refractivity contribution in [2.24, 2.45) is 10.7 Å². The Kier molecular flexibility index (Phi) is 5.35. The van der Waals surface area contributed by atoms with Gasteiger partial charge < -0.3 is 16.0 Å². The quantitative estimate of drug-likeness (QED) is 0.530. The Morgan fingerprint density at radius 1 is 1.39 bits per heavy atom. The maximum absolute atomic E-state index is 13.2. The molecule has 1 amide bonds. The number of hydrogen-bond acceptors (Lipinski definition) is 6. The molecule has 4 rings (SSSR count). The predicted molar refractivity (Wildman–Crippen MR) is 116 cm³/mol. The Morgan fingerprint density at radius 2 is 2.16 bits per heavy atom. The maximum atomic E-state index is 13.2. The number of nitrogens with two attached hydrogens (primary N) is 1. The molecule has 31 heavy (non-hydrogen) atoms. The molecule has 3 heterocycles. The number of imidazole rings is 1. The van der Waals surface area contributed by atoms with E-state index in [1.165, 1.54) is 18.3 Å². The Bertz CT molecular complexity index is 1160. The van der Waals surface area contributed by atoms with E-state index in [2.05, 4.69) is 32.1 Å². The van der Waals surface area contributed by atoms with Crippen molar-refractivity contribution in [1.82, 2.24) is 25.1 Å². The zero-order valence-electron chi connectivity index (χ0n) is 16.8. The fourth-order valence-corrected chi connectivity index (χ4v) is 3.38. The number of aromatic nitrogens is 4. The highest BCUT2D eigenvalue weighted by molar-refractivity contribution is 5.97. The van der Waals surface area contributed by atoms with Crippen molar-refractivity contribution in [3.63, 3.8) is 0 Å². The molecule has 9 nitrogen and oxygen atoms in total. The number of nitrogens with zero attached hydrogens (tertiary/aromatic N) is 5. The lowest BCUT2D eigenvalue weighted by Crippen LogP contribution is -2.53. The SMILES string of the molecule is C=C(/N=C\C1=C(N)N(c2cn[nH]c2)[C@H](CC)C(=O)N1)n1ccnc1-c1ccc(F)cc1. The van der Waals surface area contributed by atoms with Crippen LogP contribution >= 0.6 is 0 Å². The summed E-state index contributed by atoms with van der Waals surface area (Å²) in [5.41, 5.74) is 8.09. The minimum absolute atomic E-state index is 0.195. The van der Waals surface area contributed by atoms with Gasteiger partial charge in [-0.3, -0.25) is 14.5 Å². The third kappa shape index (κ3) is 3.82. The number of nitrogens with one attached hydrogen (secondary N) is 2. The number of aromatic amines is 1. The van der Waals surface area contributed by atoms with Crippen molar-refractivity contribution in [3.05, 3.63) is 73.0 Å². The fourth-order valence-electron chi connectivity index (χ4n) is 3.38. The van der Waals surface area contributed by atoms with Crippen LogP contribution in [0.5, 0.6) is 0 Å². The molecule has 0 radical (unpaired) electrons. The van der Waals surface area contributed by atoms with E-state index in [1.807, 2.05) is 6.92 Å². The van der Waals surface area contributed by atoms with Crippen molar-refractivity contribution >= 4 is 23.6 Å². The fraction of sp³-hybridized carbons (Fsp3) is 0.143. The van der Waals surface area contributed by atoms with Gasteiger partial charge in [0.05, 0.1) is 18.1 Å². The molecule has 158 valence electrons. The molecular formula is C21H21FN8O. The van der Waals surface area contributed by atoms with Crippen molar-refractivity contribution in [3.8, 4) is 11.4 Å². The van der Waals surface area contributed by atoms with Crippen LogP contribution in [0.1, 0.15) is 13.3 Å². The highest BCUT2D eigenvalue weighted by atomic mass is 19.1. The van der Waals surface area contributed by atoms with E-state index < -0.39 is 6.04 Å². The molecule has 0 spiro atoms. The number of amides is 1. The second kappa shape index (κ2) is 8.27. The van der Waals surface area contributed by atoms with E-state index in [-0.39, 0.29) is 11.7 Å². The van der Waals surface area contributed by atoms with Gasteiger partial charge in [0.15, 0.2) is 0 Å². The molecular weight excluding hydrogens is 399 g/mol. The highest BCUT2D eigenvalue weighted by Gasteiger charge is 2.33. The molecule has 0 fully saturated rings. The monoisotopic (exact) mass is 420 g/mol. The molecule has 3 aromatic rings. The first-order chi connectivity index (χ1) is 15.0. The van der Waals surface area contributed by atoms with Gasteiger partial charge >= 0.3 is 0 Å². The van der Waals surface area contributed by atoms with Gasteiger partial charge in [0.2, 0.25) is 5.91 Å². The molecule has 0 saturated carbocycles. The summed E-state index contributed by atoms with van der Waals surface area (Å²) in [5, 5.41) is 9.48. The number of carbonyl (C=O) groups is 1. The van der Waals surface area contributed by atoms with Crippen molar-refractivity contribution in [1.29, 1.82) is 0 Å². The minimum Gasteiger partial charge on any atom is -0.383 e. The lowest BCUT2D eigenvalue weighted by atomic mass is 10.1. The van der Waals surface area contributed by atoms with Gasteiger partial charge in [0.25, 0.3) is 0 Å². The molecule has 0 unspecified atom stereocenters. The summed E-state index contributed by atoms with van der Waals surface area (Å²) in [5.74, 6) is 0.719. The molecule has 1 atom stereocenters. The number of H-pyrrole nitrogens is 1. The van der Waals surface area contributed by atoms with Crippen molar-refractivity contribution < 1.29 is 9.18 Å². The molecule has 1 aliphatic rings. The molecule has 4 N–H and O–H groups in total. The summed E-state index contributed by atoms with van der Waals surface area (Å²) in [4.78, 5) is 23.0. The van der Waals surface area contributed by atoms with Crippen LogP contribution in [0, 0.1) is 5.82 Å². The van der Waals surface area contributed by atoms with Crippen molar-refractivity contribution in [2.45, 2.75) is 19.4 Å². The second-order valence-electron chi connectivity index (χ2n) is 6.84. The maximum Gasteiger partial charge on any atom is 0.247 e. The van der Waals surface area contributed by atoms with Gasteiger partial charge in [-0.15, -0.1) is 0 Å². The lowest BCUT2D eigenvalue weighted by Gasteiger charge is -2.35. The highest BCUT2D eigenvalue weighted by Crippen LogP contribution is 2.25. The standard InChI is InChI=1S/C21H21FN8O/c1-3-18-21(31)28-17(19(23)30(18)16-10-26-27-11-16)12-25-13(2)29-9-8-24-20(29)14-4-6-15(22)7-5-14/h4-12,18H,2-3,23H2,1H3,(H,26,27)(H,28,31)/b25-12-/t18-/m1/s1. The van der Waals surface area contributed by atoms with Gasteiger partial charge in [-0.1, -0.05) is 13.5 Å². The minimum atomic E-state index is -0.461. The van der Waals surface area contributed by atoms with Crippen molar-refractivity contribution in [2.75, 3.05) is 4.90 Å². The van der Waals surface area contributed by atoms with Gasteiger partial charge in [0, 0.05) is 24.2 Å². The van der Waals surface area contributed by atoms with Crippen LogP contribution in [0.15, 0.2) is 72.1 Å². The van der Waals surface area contributed by atoms with E-state index in [1.54, 1.807) is 46.4 Å². The Labute approximate surface area is 177 Å². The first-order valence-electron chi connectivity index (χ1n) is 9.61. The number of carbonyl (C=O) groups excluding carboxylic acids is 1. The predicted octanol–water partition coefficient (Wildman–Crippen LogP) is 2.45. The van der Waals surface area contributed by atoms with Gasteiger partial charge in [-0.25, -0.2) is 14.4 Å². The topological polar surface area (TPSA) is 117 Å². The molecule has 0 saturated heterocycles. The normalized spacial score (nSPS) is 16.8. The Hall–Kier alpha value is -4.21. The van der Waals surface area contributed by atoms with Crippen LogP contribution < -0.4 is 16.0 Å². The number of rotatable bonds is 6. The van der Waals surface area contributed by atoms with Crippen LogP contribution in [-0.2, 0) is 4.79 Å². The molecule has 2 aromatic heterocycles. The second-order valence-corrected chi connectivity index (χ2v) is 6.84. The third-order valence-corrected chi connectivity index (χ3v) is 4.92. The molecule has 1 aliphatic heterocycles. The molecule has 10 heteroatoms. The number of anilines is 1. The zero-order valence-corrected chi connectivity index (χ0v) is 16.8. The van der Waals surface area contributed by atoms with Crippen LogP contribution in [0.3, 0.4) is 0 Å². The first-order valence-corrected chi connectivity index (χ1v) is 9.61. The van der Waals surface area contributed by atoms with Gasteiger partial charge in [-0.2, -0.15) is 5.10 Å². The van der Waals surface area contributed by atoms with Crippen LogP contribution in [0.4, 0.5) is 10.1 Å². The number of benzene rings is 1. The summed E-state index contributed by atoms with van der Waals surface area (Å²) >= 11 is 0. The van der Waals surface area contributed by atoms with E-state index in [0.29, 0.717) is 40.8 Å². The zero-order chi connectivity index (χ0) is 22.0. The largest absolute Gasteiger partial charge is 0.383 e.